The highest BCUT2D eigenvalue weighted by Crippen LogP contribution is 2.36. The molecule has 2 amide bonds. The lowest BCUT2D eigenvalue weighted by Gasteiger charge is -2.20. The number of carboxylic acids is 2. The van der Waals surface area contributed by atoms with Gasteiger partial charge in [-0.05, 0) is 54.5 Å². The van der Waals surface area contributed by atoms with Crippen LogP contribution in [0.3, 0.4) is 0 Å². The Balaban J connectivity index is 1.39. The topological polar surface area (TPSA) is 247 Å². The third-order valence-corrected chi connectivity index (χ3v) is 8.20. The molecule has 2 aromatic carbocycles. The van der Waals surface area contributed by atoms with Gasteiger partial charge in [-0.25, -0.2) is 9.59 Å². The van der Waals surface area contributed by atoms with Crippen molar-refractivity contribution >= 4 is 46.7 Å². The van der Waals surface area contributed by atoms with Crippen molar-refractivity contribution in [2.75, 3.05) is 12.8 Å². The van der Waals surface area contributed by atoms with Gasteiger partial charge in [-0.15, -0.1) is 0 Å². The van der Waals surface area contributed by atoms with E-state index in [0.717, 1.165) is 18.2 Å². The van der Waals surface area contributed by atoms with E-state index >= 15 is 0 Å². The quantitative estimate of drug-likeness (QED) is 0.0848. The van der Waals surface area contributed by atoms with Crippen molar-refractivity contribution < 1.29 is 44.0 Å². The van der Waals surface area contributed by atoms with Crippen molar-refractivity contribution in [2.45, 2.75) is 57.0 Å². The number of benzene rings is 2. The van der Waals surface area contributed by atoms with Crippen LogP contribution in [-0.4, -0.2) is 79.2 Å². The number of carbonyl (C=O) groups excluding carboxylic acids is 3. The molecule has 2 aromatic heterocycles. The number of aromatic nitrogens is 3. The number of H-pyrrole nitrogens is 1. The van der Waals surface area contributed by atoms with Crippen LogP contribution in [0.2, 0.25) is 0 Å². The number of nitrogens with two attached hydrogens (primary N) is 1. The SMILES string of the molecule is CCC(c1ccc(C(=O)N[C@@H](CCC(=O)N[C@@H](CC(Cc2ccccc2)C(=O)O)C(=O)O)C(=O)OC)cc1)c1c[nH]c2nc(N)nc(O)c12. The van der Waals surface area contributed by atoms with Crippen molar-refractivity contribution in [3.8, 4) is 5.88 Å². The maximum Gasteiger partial charge on any atom is 0.328 e. The number of carboxylic acid groups (broad SMARTS) is 2. The van der Waals surface area contributed by atoms with Crippen molar-refractivity contribution in [1.82, 2.24) is 25.6 Å². The molecule has 4 aromatic rings. The summed E-state index contributed by atoms with van der Waals surface area (Å²) in [4.78, 5) is 73.2. The van der Waals surface area contributed by atoms with Crippen molar-refractivity contribution in [1.29, 1.82) is 0 Å². The summed E-state index contributed by atoms with van der Waals surface area (Å²) in [5.74, 6) is -6.36. The summed E-state index contributed by atoms with van der Waals surface area (Å²) in [5.41, 5.74) is 8.54. The summed E-state index contributed by atoms with van der Waals surface area (Å²) in [6.07, 6.45) is 1.50. The molecule has 4 atom stereocenters. The maximum absolute atomic E-state index is 13.1. The summed E-state index contributed by atoms with van der Waals surface area (Å²) in [6.45, 7) is 1.96. The summed E-state index contributed by atoms with van der Waals surface area (Å²) in [5, 5.41) is 35.1. The van der Waals surface area contributed by atoms with Gasteiger partial charge >= 0.3 is 17.9 Å². The van der Waals surface area contributed by atoms with E-state index in [1.165, 1.54) is 0 Å². The van der Waals surface area contributed by atoms with Crippen molar-refractivity contribution in [3.05, 3.63) is 83.0 Å². The van der Waals surface area contributed by atoms with Gasteiger partial charge in [0.1, 0.15) is 17.7 Å². The van der Waals surface area contributed by atoms with Gasteiger partial charge in [0.25, 0.3) is 5.91 Å². The first-order valence-corrected chi connectivity index (χ1v) is 15.5. The number of esters is 1. The number of aromatic hydroxyl groups is 1. The van der Waals surface area contributed by atoms with Crippen LogP contribution in [0.4, 0.5) is 5.95 Å². The molecule has 0 radical (unpaired) electrons. The molecule has 2 unspecified atom stereocenters. The molecule has 0 saturated carbocycles. The molecule has 8 N–H and O–H groups in total. The Morgan fingerprint density at radius 1 is 0.939 bits per heavy atom. The number of aliphatic carboxylic acids is 2. The second-order valence-corrected chi connectivity index (χ2v) is 11.5. The maximum atomic E-state index is 13.1. The number of aromatic amines is 1. The predicted octanol–water partition coefficient (Wildman–Crippen LogP) is 2.74. The Kier molecular flexibility index (Phi) is 11.9. The molecule has 0 saturated heterocycles. The van der Waals surface area contributed by atoms with Gasteiger partial charge in [0, 0.05) is 24.1 Å². The van der Waals surface area contributed by atoms with Crippen LogP contribution in [0.15, 0.2) is 60.8 Å². The largest absolute Gasteiger partial charge is 0.493 e. The van der Waals surface area contributed by atoms with Crippen LogP contribution in [0.5, 0.6) is 5.88 Å². The van der Waals surface area contributed by atoms with Gasteiger partial charge < -0.3 is 41.4 Å². The average Bonchev–Trinajstić information content (AvgIpc) is 3.50. The summed E-state index contributed by atoms with van der Waals surface area (Å²) < 4.78 is 4.81. The number of methoxy groups -OCH3 is 1. The first-order chi connectivity index (χ1) is 23.4. The number of rotatable bonds is 16. The molecule has 0 aliphatic carbocycles. The summed E-state index contributed by atoms with van der Waals surface area (Å²) in [6, 6.07) is 12.6. The third-order valence-electron chi connectivity index (χ3n) is 8.20. The fraction of sp³-hybridized carbons (Fsp3) is 0.324. The van der Waals surface area contributed by atoms with Gasteiger partial charge in [0.2, 0.25) is 17.7 Å². The van der Waals surface area contributed by atoms with E-state index in [9.17, 15) is 39.3 Å². The highest BCUT2D eigenvalue weighted by molar-refractivity contribution is 5.97. The van der Waals surface area contributed by atoms with E-state index in [-0.39, 0.29) is 49.0 Å². The smallest absolute Gasteiger partial charge is 0.328 e. The van der Waals surface area contributed by atoms with E-state index in [0.29, 0.717) is 23.0 Å². The standard InChI is InChI=1S/C34H38N6O9/c1-3-22(23-17-36-28-27(23)30(43)40-34(35)39-28)19-9-11-20(12-10-19)29(42)38-24(33(48)49-2)13-14-26(41)37-25(32(46)47)16-21(31(44)45)15-18-7-5-4-6-8-18/h4-12,17,21-22,24-25H,3,13-16H2,1-2H3,(H,37,41)(H,38,42)(H,44,45)(H,46,47)(H4,35,36,39,40,43)/t21?,22?,24-,25-/m0/s1. The number of anilines is 1. The van der Waals surface area contributed by atoms with Crippen LogP contribution in [0.25, 0.3) is 11.0 Å². The molecule has 0 aliphatic heterocycles. The number of nitrogens with zero attached hydrogens (tertiary/aromatic N) is 2. The number of nitrogen functional groups attached to an aromatic ring is 1. The minimum atomic E-state index is -1.49. The second-order valence-electron chi connectivity index (χ2n) is 11.5. The van der Waals surface area contributed by atoms with E-state index < -0.39 is 47.7 Å². The molecular formula is C34H38N6O9. The van der Waals surface area contributed by atoms with Gasteiger partial charge in [-0.1, -0.05) is 49.4 Å². The fourth-order valence-electron chi connectivity index (χ4n) is 5.68. The molecule has 0 aliphatic rings. The molecule has 4 rings (SSSR count). The molecule has 15 heteroatoms. The highest BCUT2D eigenvalue weighted by Gasteiger charge is 2.30. The minimum absolute atomic E-state index is 0.0689. The number of fused-ring (bicyclic) bond motifs is 1. The first-order valence-electron chi connectivity index (χ1n) is 15.5. The number of nitrogens with one attached hydrogen (secondary N) is 3. The molecule has 258 valence electrons. The Hall–Kier alpha value is -5.99. The predicted molar refractivity (Wildman–Crippen MR) is 177 cm³/mol. The highest BCUT2D eigenvalue weighted by atomic mass is 16.5. The van der Waals surface area contributed by atoms with E-state index in [1.807, 2.05) is 6.92 Å². The average molecular weight is 675 g/mol. The number of hydrogen-bond acceptors (Lipinski definition) is 10. The first kappa shape index (κ1) is 35.9. The lowest BCUT2D eigenvalue weighted by molar-refractivity contribution is -0.146. The van der Waals surface area contributed by atoms with Gasteiger partial charge in [0.15, 0.2) is 0 Å². The zero-order valence-electron chi connectivity index (χ0n) is 26.9. The van der Waals surface area contributed by atoms with E-state index in [1.54, 1.807) is 60.8 Å². The Morgan fingerprint density at radius 3 is 2.24 bits per heavy atom. The minimum Gasteiger partial charge on any atom is -0.493 e. The molecule has 0 spiro atoms. The summed E-state index contributed by atoms with van der Waals surface area (Å²) in [7, 11) is 1.13. The van der Waals surface area contributed by atoms with Crippen LogP contribution in [-0.2, 0) is 30.3 Å². The molecule has 49 heavy (non-hydrogen) atoms. The number of amides is 2. The third kappa shape index (κ3) is 9.09. The zero-order valence-corrected chi connectivity index (χ0v) is 26.9. The van der Waals surface area contributed by atoms with E-state index in [2.05, 4.69) is 25.6 Å². The van der Waals surface area contributed by atoms with Crippen LogP contribution in [0, 0.1) is 5.92 Å². The lowest BCUT2D eigenvalue weighted by Crippen LogP contribution is -2.45. The Bertz CT molecular complexity index is 1810. The van der Waals surface area contributed by atoms with Crippen molar-refractivity contribution in [3.63, 3.8) is 0 Å². The number of hydrogen-bond donors (Lipinski definition) is 7. The van der Waals surface area contributed by atoms with Gasteiger partial charge in [-0.2, -0.15) is 9.97 Å². The van der Waals surface area contributed by atoms with E-state index in [4.69, 9.17) is 10.5 Å². The Morgan fingerprint density at radius 2 is 1.63 bits per heavy atom. The van der Waals surface area contributed by atoms with Crippen LogP contribution >= 0.6 is 0 Å². The van der Waals surface area contributed by atoms with Crippen LogP contribution in [0.1, 0.15) is 65.6 Å². The number of carbonyl (C=O) groups is 5. The number of ether oxygens (including phenoxy) is 1. The van der Waals surface area contributed by atoms with Crippen molar-refractivity contribution in [2.24, 2.45) is 5.92 Å². The molecule has 0 fully saturated rings. The molecule has 15 nitrogen and oxygen atoms in total. The second kappa shape index (κ2) is 16.2. The van der Waals surface area contributed by atoms with Crippen LogP contribution < -0.4 is 16.4 Å². The van der Waals surface area contributed by atoms with Gasteiger partial charge in [0.05, 0.1) is 18.4 Å². The zero-order chi connectivity index (χ0) is 35.7. The fourth-order valence-corrected chi connectivity index (χ4v) is 5.68. The Labute approximate surface area is 280 Å². The molecule has 2 heterocycles. The summed E-state index contributed by atoms with van der Waals surface area (Å²) >= 11 is 0. The molecule has 0 bridgehead atoms. The van der Waals surface area contributed by atoms with Gasteiger partial charge in [-0.3, -0.25) is 14.4 Å². The normalized spacial score (nSPS) is 13.5. The lowest BCUT2D eigenvalue weighted by atomic mass is 9.89. The molecular weight excluding hydrogens is 636 g/mol. The monoisotopic (exact) mass is 674 g/mol.